The van der Waals surface area contributed by atoms with Crippen LogP contribution in [-0.2, 0) is 11.2 Å². The van der Waals surface area contributed by atoms with Gasteiger partial charge in [0.2, 0.25) is 5.91 Å². The lowest BCUT2D eigenvalue weighted by atomic mass is 10.1. The monoisotopic (exact) mass is 482 g/mol. The number of primary amides is 1. The van der Waals surface area contributed by atoms with Crippen molar-refractivity contribution in [2.24, 2.45) is 5.73 Å². The molecule has 10 nitrogen and oxygen atoms in total. The first-order valence-electron chi connectivity index (χ1n) is 9.43. The average molecular weight is 483 g/mol. The molecule has 3 aromatic heterocycles. The molecule has 0 atom stereocenters. The fraction of sp³-hybridized carbons (Fsp3) is 0.200. The number of aryl methyl sites for hydroxylation is 2. The van der Waals surface area contributed by atoms with Gasteiger partial charge in [-0.2, -0.15) is 10.2 Å². The Balaban J connectivity index is 1.54. The van der Waals surface area contributed by atoms with Crippen LogP contribution in [0.4, 0.5) is 5.69 Å². The lowest BCUT2D eigenvalue weighted by Crippen LogP contribution is -2.16. The molecule has 4 rings (SSSR count). The second kappa shape index (κ2) is 8.26. The van der Waals surface area contributed by atoms with Gasteiger partial charge < -0.3 is 11.1 Å². The van der Waals surface area contributed by atoms with Crippen LogP contribution in [0.3, 0.4) is 0 Å². The number of benzene rings is 1. The van der Waals surface area contributed by atoms with E-state index < -0.39 is 5.91 Å². The number of fused-ring (bicyclic) bond motifs is 1. The second-order valence-corrected chi connectivity index (χ2v) is 7.88. The summed E-state index contributed by atoms with van der Waals surface area (Å²) < 4.78 is 4.00. The Morgan fingerprint density at radius 1 is 1.23 bits per heavy atom. The van der Waals surface area contributed by atoms with Crippen LogP contribution < -0.4 is 11.1 Å². The number of nitrogens with zero attached hydrogens (tertiary/aromatic N) is 6. The first-order chi connectivity index (χ1) is 14.8. The fourth-order valence-corrected chi connectivity index (χ4v) is 3.80. The molecule has 0 unspecified atom stereocenters. The standard InChI is InChI=1S/C20H19BrN8O2/c1-11-14(12(2)29-20(26-11)15(8-24-29)19(22)31)4-6-18(30)27-16-7-13(21)3-5-17(16)28-10-23-9-25-28/h3,5,7-10H,4,6H2,1-2H3,(H2,22,31)(H,27,30). The van der Waals surface area contributed by atoms with Crippen molar-refractivity contribution in [1.82, 2.24) is 29.4 Å². The quantitative estimate of drug-likeness (QED) is 0.433. The number of anilines is 1. The number of halogens is 1. The molecular formula is C20H19BrN8O2. The highest BCUT2D eigenvalue weighted by Gasteiger charge is 2.17. The maximum atomic E-state index is 12.7. The first-order valence-corrected chi connectivity index (χ1v) is 10.2. The Morgan fingerprint density at radius 3 is 2.74 bits per heavy atom. The van der Waals surface area contributed by atoms with Crippen molar-refractivity contribution in [2.45, 2.75) is 26.7 Å². The van der Waals surface area contributed by atoms with Crippen molar-refractivity contribution in [1.29, 1.82) is 0 Å². The molecule has 0 aliphatic heterocycles. The van der Waals surface area contributed by atoms with E-state index in [9.17, 15) is 9.59 Å². The van der Waals surface area contributed by atoms with Crippen LogP contribution in [0.1, 0.15) is 33.7 Å². The summed E-state index contributed by atoms with van der Waals surface area (Å²) in [6.45, 7) is 3.72. The number of nitrogens with two attached hydrogens (primary N) is 1. The van der Waals surface area contributed by atoms with Gasteiger partial charge in [0.1, 0.15) is 18.2 Å². The normalized spacial score (nSPS) is 11.1. The zero-order valence-electron chi connectivity index (χ0n) is 16.8. The van der Waals surface area contributed by atoms with E-state index in [4.69, 9.17) is 5.73 Å². The Hall–Kier alpha value is -3.60. The second-order valence-electron chi connectivity index (χ2n) is 6.97. The summed E-state index contributed by atoms with van der Waals surface area (Å²) in [6, 6.07) is 5.52. The van der Waals surface area contributed by atoms with Gasteiger partial charge in [-0.15, -0.1) is 0 Å². The number of hydrogen-bond acceptors (Lipinski definition) is 6. The lowest BCUT2D eigenvalue weighted by molar-refractivity contribution is -0.116. The molecule has 1 aromatic carbocycles. The van der Waals surface area contributed by atoms with Gasteiger partial charge in [-0.1, -0.05) is 15.9 Å². The lowest BCUT2D eigenvalue weighted by Gasteiger charge is -2.13. The van der Waals surface area contributed by atoms with Crippen molar-refractivity contribution in [3.8, 4) is 5.69 Å². The zero-order chi connectivity index (χ0) is 22.1. The summed E-state index contributed by atoms with van der Waals surface area (Å²) in [6.07, 6.45) is 5.11. The summed E-state index contributed by atoms with van der Waals surface area (Å²) in [7, 11) is 0. The molecule has 3 heterocycles. The summed E-state index contributed by atoms with van der Waals surface area (Å²) >= 11 is 3.43. The van der Waals surface area contributed by atoms with Gasteiger partial charge in [0, 0.05) is 22.3 Å². The predicted octanol–water partition coefficient (Wildman–Crippen LogP) is 2.36. The van der Waals surface area contributed by atoms with E-state index in [1.54, 1.807) is 15.5 Å². The van der Waals surface area contributed by atoms with Gasteiger partial charge in [-0.25, -0.2) is 19.2 Å². The van der Waals surface area contributed by atoms with Crippen molar-refractivity contribution >= 4 is 39.1 Å². The summed E-state index contributed by atoms with van der Waals surface area (Å²) in [5, 5.41) is 11.3. The van der Waals surface area contributed by atoms with Gasteiger partial charge in [-0.3, -0.25) is 9.59 Å². The molecule has 0 bridgehead atoms. The van der Waals surface area contributed by atoms with Crippen molar-refractivity contribution in [3.05, 3.63) is 64.0 Å². The van der Waals surface area contributed by atoms with Crippen LogP contribution in [0.15, 0.2) is 41.5 Å². The minimum atomic E-state index is -0.578. The van der Waals surface area contributed by atoms with Gasteiger partial charge in [0.15, 0.2) is 5.65 Å². The molecule has 0 radical (unpaired) electrons. The van der Waals surface area contributed by atoms with Crippen LogP contribution in [0.25, 0.3) is 11.3 Å². The zero-order valence-corrected chi connectivity index (χ0v) is 18.4. The molecule has 11 heteroatoms. The Bertz CT molecular complexity index is 1300. The molecule has 0 aliphatic carbocycles. The van der Waals surface area contributed by atoms with E-state index in [1.165, 1.54) is 12.5 Å². The summed E-state index contributed by atoms with van der Waals surface area (Å²) in [5.74, 6) is -0.734. The minimum absolute atomic E-state index is 0.156. The van der Waals surface area contributed by atoms with Crippen molar-refractivity contribution in [2.75, 3.05) is 5.32 Å². The molecular weight excluding hydrogens is 464 g/mol. The highest BCUT2D eigenvalue weighted by molar-refractivity contribution is 9.10. The highest BCUT2D eigenvalue weighted by Crippen LogP contribution is 2.25. The molecule has 0 saturated carbocycles. The Morgan fingerprint density at radius 2 is 2.03 bits per heavy atom. The number of carbonyl (C=O) groups is 2. The molecule has 31 heavy (non-hydrogen) atoms. The number of carbonyl (C=O) groups excluding carboxylic acids is 2. The van der Waals surface area contributed by atoms with E-state index in [2.05, 4.69) is 41.4 Å². The SMILES string of the molecule is Cc1nc2c(C(N)=O)cnn2c(C)c1CCC(=O)Nc1cc(Br)ccc1-n1cncn1. The van der Waals surface area contributed by atoms with E-state index in [0.717, 1.165) is 21.4 Å². The number of nitrogens with one attached hydrogen (secondary N) is 1. The van der Waals surface area contributed by atoms with Crippen molar-refractivity contribution < 1.29 is 9.59 Å². The Kier molecular flexibility index (Phi) is 5.51. The molecule has 4 aromatic rings. The molecule has 2 amide bonds. The van der Waals surface area contributed by atoms with Gasteiger partial charge >= 0.3 is 0 Å². The smallest absolute Gasteiger partial charge is 0.254 e. The fourth-order valence-electron chi connectivity index (χ4n) is 3.44. The first kappa shape index (κ1) is 20.7. The average Bonchev–Trinajstić information content (AvgIpc) is 3.38. The van der Waals surface area contributed by atoms with Gasteiger partial charge in [0.05, 0.1) is 17.6 Å². The highest BCUT2D eigenvalue weighted by atomic mass is 79.9. The van der Waals surface area contributed by atoms with E-state index in [0.29, 0.717) is 23.4 Å². The third-order valence-corrected chi connectivity index (χ3v) is 5.47. The number of aromatic nitrogens is 6. The maximum Gasteiger partial charge on any atom is 0.254 e. The van der Waals surface area contributed by atoms with Gasteiger partial charge in [0.25, 0.3) is 5.91 Å². The maximum absolute atomic E-state index is 12.7. The number of hydrogen-bond donors (Lipinski definition) is 2. The van der Waals surface area contributed by atoms with E-state index >= 15 is 0 Å². The number of rotatable bonds is 6. The van der Waals surface area contributed by atoms with Crippen LogP contribution >= 0.6 is 15.9 Å². The predicted molar refractivity (Wildman–Crippen MR) is 117 cm³/mol. The van der Waals surface area contributed by atoms with Crippen LogP contribution in [-0.4, -0.2) is 41.2 Å². The van der Waals surface area contributed by atoms with E-state index in [1.807, 2.05) is 32.0 Å². The molecule has 158 valence electrons. The molecule has 0 aliphatic rings. The third-order valence-electron chi connectivity index (χ3n) is 4.97. The molecule has 3 N–H and O–H groups in total. The van der Waals surface area contributed by atoms with Gasteiger partial charge in [-0.05, 0) is 44.0 Å². The topological polar surface area (TPSA) is 133 Å². The Labute approximate surface area is 185 Å². The van der Waals surface area contributed by atoms with Crippen molar-refractivity contribution in [3.63, 3.8) is 0 Å². The van der Waals surface area contributed by atoms with Crippen LogP contribution in [0, 0.1) is 13.8 Å². The third kappa shape index (κ3) is 4.04. The number of amides is 2. The largest absolute Gasteiger partial charge is 0.365 e. The van der Waals surface area contributed by atoms with Crippen LogP contribution in [0.2, 0.25) is 0 Å². The van der Waals surface area contributed by atoms with Crippen LogP contribution in [0.5, 0.6) is 0 Å². The van der Waals surface area contributed by atoms with E-state index in [-0.39, 0.29) is 17.9 Å². The molecule has 0 saturated heterocycles. The summed E-state index contributed by atoms with van der Waals surface area (Å²) in [5.41, 5.74) is 9.84. The minimum Gasteiger partial charge on any atom is -0.365 e. The summed E-state index contributed by atoms with van der Waals surface area (Å²) in [4.78, 5) is 32.7. The molecule has 0 fully saturated rings. The molecule has 0 spiro atoms.